The van der Waals surface area contributed by atoms with Gasteiger partial charge in [0.1, 0.15) is 9.12 Å². The largest absolute Gasteiger partial charge is 0.493 e. The van der Waals surface area contributed by atoms with Crippen LogP contribution in [-0.2, 0) is 14.9 Å². The van der Waals surface area contributed by atoms with Gasteiger partial charge < -0.3 is 9.47 Å². The van der Waals surface area contributed by atoms with E-state index in [-0.39, 0.29) is 5.97 Å². The minimum absolute atomic E-state index is 0.232. The number of halogens is 1. The van der Waals surface area contributed by atoms with Crippen molar-refractivity contribution < 1.29 is 14.3 Å². The number of esters is 1. The molecule has 0 saturated heterocycles. The van der Waals surface area contributed by atoms with E-state index in [0.29, 0.717) is 23.8 Å². The molecule has 0 N–H and O–H groups in total. The summed E-state index contributed by atoms with van der Waals surface area (Å²) in [6.07, 6.45) is 1.48. The van der Waals surface area contributed by atoms with Gasteiger partial charge in [0.25, 0.3) is 0 Å². The normalized spacial score (nSPS) is 16.1. The average molecular weight is 387 g/mol. The van der Waals surface area contributed by atoms with Crippen LogP contribution in [0.3, 0.4) is 0 Å². The van der Waals surface area contributed by atoms with Gasteiger partial charge in [-0.15, -0.1) is 5.10 Å². The highest BCUT2D eigenvalue weighted by atomic mass is 127. The van der Waals surface area contributed by atoms with E-state index in [2.05, 4.69) is 32.7 Å². The van der Waals surface area contributed by atoms with Crippen molar-refractivity contribution in [3.8, 4) is 5.75 Å². The fourth-order valence-corrected chi connectivity index (χ4v) is 2.70. The summed E-state index contributed by atoms with van der Waals surface area (Å²) in [6, 6.07) is 3.74. The number of ether oxygens (including phenoxy) is 2. The Morgan fingerprint density at radius 1 is 1.50 bits per heavy atom. The summed E-state index contributed by atoms with van der Waals surface area (Å²) in [5, 5.41) is 4.48. The van der Waals surface area contributed by atoms with E-state index in [1.165, 1.54) is 0 Å². The van der Waals surface area contributed by atoms with E-state index in [1.54, 1.807) is 18.5 Å². The third-order valence-corrected chi connectivity index (χ3v) is 4.28. The summed E-state index contributed by atoms with van der Waals surface area (Å²) in [6.45, 7) is 2.17. The second-order valence-electron chi connectivity index (χ2n) is 4.70. The van der Waals surface area contributed by atoms with Crippen LogP contribution >= 0.6 is 22.6 Å². The molecule has 1 fully saturated rings. The molecule has 20 heavy (non-hydrogen) atoms. The highest BCUT2D eigenvalue weighted by Gasteiger charge is 2.56. The first-order valence-electron chi connectivity index (χ1n) is 6.39. The van der Waals surface area contributed by atoms with Crippen molar-refractivity contribution in [2.75, 3.05) is 13.7 Å². The van der Waals surface area contributed by atoms with Crippen LogP contribution < -0.4 is 4.74 Å². The summed E-state index contributed by atoms with van der Waals surface area (Å²) in [5.74, 6) is 0.937. The molecule has 0 bridgehead atoms. The first kappa shape index (κ1) is 13.6. The number of pyridine rings is 1. The smallest absolute Gasteiger partial charge is 0.319 e. The Bertz CT molecular complexity index is 679. The standard InChI is InChI=1S/C13H14IN3O3/c1-3-20-12(18)13(6-7-13)11-15-10-8(19-2)4-5-9(14)17(10)16-11/h4-5H,3,6-7H2,1-2H3. The van der Waals surface area contributed by atoms with Gasteiger partial charge in [0.05, 0.1) is 13.7 Å². The van der Waals surface area contributed by atoms with Crippen molar-refractivity contribution in [3.05, 3.63) is 21.7 Å². The number of hydrogen-bond donors (Lipinski definition) is 0. The zero-order chi connectivity index (χ0) is 14.3. The van der Waals surface area contributed by atoms with E-state index in [4.69, 9.17) is 9.47 Å². The summed E-state index contributed by atoms with van der Waals surface area (Å²) in [5.41, 5.74) is -0.0270. The monoisotopic (exact) mass is 387 g/mol. The maximum absolute atomic E-state index is 12.1. The number of carbonyl (C=O) groups is 1. The molecule has 0 atom stereocenters. The van der Waals surface area contributed by atoms with Gasteiger partial charge in [-0.25, -0.2) is 9.50 Å². The van der Waals surface area contributed by atoms with Gasteiger partial charge in [0.15, 0.2) is 17.2 Å². The molecule has 0 aromatic carbocycles. The first-order valence-corrected chi connectivity index (χ1v) is 7.47. The topological polar surface area (TPSA) is 65.7 Å². The summed E-state index contributed by atoms with van der Waals surface area (Å²) >= 11 is 2.18. The van der Waals surface area contributed by atoms with Crippen molar-refractivity contribution in [2.24, 2.45) is 0 Å². The minimum Gasteiger partial charge on any atom is -0.493 e. The number of carbonyl (C=O) groups excluding carboxylic acids is 1. The SMILES string of the molecule is CCOC(=O)C1(c2nc3c(OC)ccc(I)n3n2)CC1. The number of aromatic nitrogens is 3. The average Bonchev–Trinajstić information content (AvgIpc) is 3.13. The van der Waals surface area contributed by atoms with Crippen LogP contribution in [0, 0.1) is 3.70 Å². The van der Waals surface area contributed by atoms with Crippen LogP contribution in [0.2, 0.25) is 0 Å². The lowest BCUT2D eigenvalue weighted by atomic mass is 10.1. The molecule has 6 nitrogen and oxygen atoms in total. The molecule has 7 heteroatoms. The van der Waals surface area contributed by atoms with Crippen LogP contribution in [0.15, 0.2) is 12.1 Å². The van der Waals surface area contributed by atoms with Crippen LogP contribution in [0.4, 0.5) is 0 Å². The van der Waals surface area contributed by atoms with Crippen LogP contribution in [-0.4, -0.2) is 34.3 Å². The summed E-state index contributed by atoms with van der Waals surface area (Å²) in [7, 11) is 1.59. The first-order chi connectivity index (χ1) is 9.62. The molecule has 0 radical (unpaired) electrons. The molecular formula is C13H14IN3O3. The van der Waals surface area contributed by atoms with Gasteiger partial charge in [-0.3, -0.25) is 4.79 Å². The van der Waals surface area contributed by atoms with Gasteiger partial charge >= 0.3 is 5.97 Å². The fraction of sp³-hybridized carbons (Fsp3) is 0.462. The van der Waals surface area contributed by atoms with Gasteiger partial charge in [-0.05, 0) is 54.5 Å². The Hall–Kier alpha value is -1.38. The number of rotatable bonds is 4. The van der Waals surface area contributed by atoms with E-state index in [9.17, 15) is 4.79 Å². The van der Waals surface area contributed by atoms with Crippen LogP contribution in [0.1, 0.15) is 25.6 Å². The quantitative estimate of drug-likeness (QED) is 0.456. The second kappa shape index (κ2) is 4.87. The van der Waals surface area contributed by atoms with E-state index in [1.807, 2.05) is 12.1 Å². The second-order valence-corrected chi connectivity index (χ2v) is 5.80. The summed E-state index contributed by atoms with van der Waals surface area (Å²) < 4.78 is 13.1. The Kier molecular flexibility index (Phi) is 3.31. The molecule has 3 rings (SSSR count). The van der Waals surface area contributed by atoms with Crippen molar-refractivity contribution in [1.82, 2.24) is 14.6 Å². The van der Waals surface area contributed by atoms with Crippen LogP contribution in [0.5, 0.6) is 5.75 Å². The Morgan fingerprint density at radius 3 is 2.85 bits per heavy atom. The van der Waals surface area contributed by atoms with Gasteiger partial charge in [0.2, 0.25) is 0 Å². The molecule has 0 aliphatic heterocycles. The van der Waals surface area contributed by atoms with Gasteiger partial charge in [-0.1, -0.05) is 0 Å². The molecule has 0 unspecified atom stereocenters. The molecule has 1 aliphatic carbocycles. The van der Waals surface area contributed by atoms with Gasteiger partial charge in [-0.2, -0.15) is 0 Å². The lowest BCUT2D eigenvalue weighted by Gasteiger charge is -2.08. The molecule has 0 amide bonds. The lowest BCUT2D eigenvalue weighted by molar-refractivity contribution is -0.146. The van der Waals surface area contributed by atoms with Crippen molar-refractivity contribution in [1.29, 1.82) is 0 Å². The maximum Gasteiger partial charge on any atom is 0.319 e. The zero-order valence-electron chi connectivity index (χ0n) is 11.2. The lowest BCUT2D eigenvalue weighted by Crippen LogP contribution is -2.24. The van der Waals surface area contributed by atoms with Crippen LogP contribution in [0.25, 0.3) is 5.65 Å². The Labute approximate surface area is 129 Å². The predicted octanol–water partition coefficient (Wildman–Crippen LogP) is 1.94. The molecule has 1 aliphatic rings. The Morgan fingerprint density at radius 2 is 2.25 bits per heavy atom. The van der Waals surface area contributed by atoms with Crippen molar-refractivity contribution >= 4 is 34.2 Å². The molecule has 106 valence electrons. The van der Waals surface area contributed by atoms with Gasteiger partial charge in [0, 0.05) is 0 Å². The molecule has 2 aromatic heterocycles. The number of nitrogens with zero attached hydrogens (tertiary/aromatic N) is 3. The Balaban J connectivity index is 2.10. The zero-order valence-corrected chi connectivity index (χ0v) is 13.4. The third kappa shape index (κ3) is 1.95. The third-order valence-electron chi connectivity index (χ3n) is 3.47. The molecule has 1 saturated carbocycles. The summed E-state index contributed by atoms with van der Waals surface area (Å²) in [4.78, 5) is 16.6. The molecule has 2 aromatic rings. The fourth-order valence-electron chi connectivity index (χ4n) is 2.19. The molecule has 0 spiro atoms. The van der Waals surface area contributed by atoms with E-state index < -0.39 is 5.41 Å². The minimum atomic E-state index is -0.657. The maximum atomic E-state index is 12.1. The van der Waals surface area contributed by atoms with Crippen molar-refractivity contribution in [3.63, 3.8) is 0 Å². The van der Waals surface area contributed by atoms with E-state index >= 15 is 0 Å². The number of methoxy groups -OCH3 is 1. The highest BCUT2D eigenvalue weighted by molar-refractivity contribution is 14.1. The number of hydrogen-bond acceptors (Lipinski definition) is 5. The highest BCUT2D eigenvalue weighted by Crippen LogP contribution is 2.48. The van der Waals surface area contributed by atoms with E-state index in [0.717, 1.165) is 16.5 Å². The van der Waals surface area contributed by atoms with Crippen molar-refractivity contribution in [2.45, 2.75) is 25.2 Å². The predicted molar refractivity (Wildman–Crippen MR) is 79.8 cm³/mol. The number of fused-ring (bicyclic) bond motifs is 1. The molecule has 2 heterocycles. The molecular weight excluding hydrogens is 373 g/mol.